The molecular weight excluding hydrogens is 1270 g/mol. The number of hydrogen-bond donors (Lipinski definition) is 7. The fourth-order valence-electron chi connectivity index (χ4n) is 6.44. The van der Waals surface area contributed by atoms with Crippen molar-refractivity contribution in [2.75, 3.05) is 21.7 Å². The van der Waals surface area contributed by atoms with Gasteiger partial charge in [-0.05, 0) is 119 Å². The third kappa shape index (κ3) is 26.5. The standard InChI is InChI=1S/C18H17N3O2.2C13H14BrNO2.C8H8N2.C5H4N2.C4H7BrO3.2CH4/c1-13-8-14(4-5-16(13)20-3)9-17(22)18(2,23)12-21-7-6-15(10-19)11-21;2*1-9-6-10(4-5-11(9)15-3)7-12(16)13(2,17)8-14;1-6-5-7(9)3-4-8(6)10-2;6-3-5-1-2-7-4-5;1-4(8,2-5)3(6)7;;/h4-8,11,23H,9,12H2,1-2H3;2*4-6,17H,7-8H2,1-2H3;3-5H,9H2,1H3;1-2,4,7H;8H,2H2,1H3,(H,6,7);2*1H4/t18-;2*13-;;;4-;;/m000..0../s1. The van der Waals surface area contributed by atoms with Gasteiger partial charge < -0.3 is 40.8 Å². The Labute approximate surface area is 518 Å². The zero-order valence-corrected chi connectivity index (χ0v) is 51.3. The molecule has 0 fully saturated rings. The number of hydrogen-bond acceptors (Lipinski definition) is 11. The number of aliphatic carboxylic acids is 1. The zero-order valence-electron chi connectivity index (χ0n) is 46.6. The van der Waals surface area contributed by atoms with Gasteiger partial charge in [-0.15, -0.1) is 0 Å². The minimum absolute atomic E-state index is 0. The number of nitrogens with one attached hydrogen (secondary N) is 1. The quantitative estimate of drug-likeness (QED) is 0.0287. The van der Waals surface area contributed by atoms with Gasteiger partial charge in [0.15, 0.2) is 45.7 Å². The lowest BCUT2D eigenvalue weighted by Gasteiger charge is -2.22. The van der Waals surface area contributed by atoms with E-state index in [1.807, 2.05) is 52.0 Å². The molecule has 2 heterocycles. The SMILES string of the molecule is C.C.C[C@](O)(CBr)C(=O)O.N#Cc1cc[nH]c1.[C-]#[N+]c1ccc(CC(=O)[C@@](C)(O)CBr)cc1C.[C-]#[N+]c1ccc(CC(=O)[C@@](C)(O)CBr)cc1C.[C-]#[N+]c1ccc(CC(=O)[C@@](C)(O)Cn2ccc(C#N)c2)cc1C.[C-]#[N+]c1ccc(N)cc1C. The number of carboxylic acids is 1. The molecule has 0 bridgehead atoms. The van der Waals surface area contributed by atoms with Crippen LogP contribution in [0.2, 0.25) is 0 Å². The number of nitriles is 2. The second-order valence-corrected chi connectivity index (χ2v) is 21.0. The van der Waals surface area contributed by atoms with Gasteiger partial charge in [0.05, 0.1) is 44.0 Å². The summed E-state index contributed by atoms with van der Waals surface area (Å²) in [7, 11) is 0. The number of carboxylic acid groups (broad SMARTS) is 1. The summed E-state index contributed by atoms with van der Waals surface area (Å²) >= 11 is 9.06. The van der Waals surface area contributed by atoms with E-state index in [-0.39, 0.29) is 74.0 Å². The van der Waals surface area contributed by atoms with Crippen LogP contribution in [0.3, 0.4) is 0 Å². The first kappa shape index (κ1) is 78.0. The maximum Gasteiger partial charge on any atom is 0.336 e. The van der Waals surface area contributed by atoms with Gasteiger partial charge in [-0.25, -0.2) is 24.2 Å². The van der Waals surface area contributed by atoms with Crippen LogP contribution in [-0.4, -0.2) is 96.8 Å². The first-order valence-electron chi connectivity index (χ1n) is 24.5. The lowest BCUT2D eigenvalue weighted by Crippen LogP contribution is -2.40. The van der Waals surface area contributed by atoms with Crippen LogP contribution in [0.4, 0.5) is 28.4 Å². The molecule has 0 aliphatic carbocycles. The Kier molecular flexibility index (Phi) is 34.6. The van der Waals surface area contributed by atoms with Crippen molar-refractivity contribution in [3.8, 4) is 12.1 Å². The molecule has 18 nitrogen and oxygen atoms in total. The van der Waals surface area contributed by atoms with E-state index in [9.17, 15) is 34.5 Å². The fraction of sp³-hybridized carbons (Fsp3) is 0.333. The van der Waals surface area contributed by atoms with Crippen LogP contribution >= 0.6 is 47.8 Å². The minimum atomic E-state index is -1.62. The minimum Gasteiger partial charge on any atom is -0.479 e. The third-order valence-corrected chi connectivity index (χ3v) is 15.0. The molecule has 8 N–H and O–H groups in total. The number of anilines is 1. The normalized spacial score (nSPS) is 12.5. The number of carbonyl (C=O) groups is 4. The number of nitrogens with zero attached hydrogens (tertiary/aromatic N) is 7. The van der Waals surface area contributed by atoms with Gasteiger partial charge in [-0.3, -0.25) is 14.4 Å². The molecule has 6 rings (SSSR count). The van der Waals surface area contributed by atoms with E-state index >= 15 is 0 Å². The van der Waals surface area contributed by atoms with Gasteiger partial charge in [0.2, 0.25) is 0 Å². The maximum atomic E-state index is 12.4. The third-order valence-electron chi connectivity index (χ3n) is 11.7. The molecule has 0 aliphatic heterocycles. The Morgan fingerprint density at radius 1 is 0.560 bits per heavy atom. The number of nitrogen functional groups attached to an aromatic ring is 1. The van der Waals surface area contributed by atoms with Crippen LogP contribution < -0.4 is 5.73 Å². The summed E-state index contributed by atoms with van der Waals surface area (Å²) in [6.45, 7) is 40.8. The van der Waals surface area contributed by atoms with Crippen molar-refractivity contribution in [3.05, 3.63) is 205 Å². The molecule has 0 amide bonds. The maximum absolute atomic E-state index is 12.4. The lowest BCUT2D eigenvalue weighted by molar-refractivity contribution is -0.154. The highest BCUT2D eigenvalue weighted by atomic mass is 79.9. The molecule has 4 atom stereocenters. The molecular formula is C63H72Br3N9O9. The van der Waals surface area contributed by atoms with E-state index in [0.29, 0.717) is 39.6 Å². The number of alkyl halides is 3. The molecule has 444 valence electrons. The molecule has 84 heavy (non-hydrogen) atoms. The highest BCUT2D eigenvalue weighted by Crippen LogP contribution is 2.25. The second kappa shape index (κ2) is 37.2. The smallest absolute Gasteiger partial charge is 0.336 e. The fourth-order valence-corrected chi connectivity index (χ4v) is 7.30. The largest absolute Gasteiger partial charge is 0.479 e. The first-order valence-corrected chi connectivity index (χ1v) is 27.8. The number of nitrogens with two attached hydrogens (primary N) is 1. The number of aliphatic hydroxyl groups is 4. The van der Waals surface area contributed by atoms with Crippen molar-refractivity contribution in [3.63, 3.8) is 0 Å². The monoisotopic (exact) mass is 1340 g/mol. The predicted octanol–water partition coefficient (Wildman–Crippen LogP) is 12.9. The molecule has 0 saturated carbocycles. The van der Waals surface area contributed by atoms with Crippen molar-refractivity contribution >= 4 is 99.5 Å². The lowest BCUT2D eigenvalue weighted by atomic mass is 9.94. The first-order chi connectivity index (χ1) is 38.3. The van der Waals surface area contributed by atoms with E-state index in [0.717, 1.165) is 38.9 Å². The van der Waals surface area contributed by atoms with Crippen LogP contribution in [0.25, 0.3) is 19.4 Å². The number of benzene rings is 4. The van der Waals surface area contributed by atoms with Gasteiger partial charge in [0.25, 0.3) is 0 Å². The molecule has 6 aromatic rings. The van der Waals surface area contributed by atoms with Gasteiger partial charge in [0, 0.05) is 65.7 Å². The molecule has 0 spiro atoms. The number of Topliss-reactive ketones (excluding diaryl/α,β-unsaturated/α-hetero) is 3. The zero-order chi connectivity index (χ0) is 62.6. The Balaban J connectivity index is 0. The summed E-state index contributed by atoms with van der Waals surface area (Å²) in [5, 5.41) is 64.4. The molecule has 4 aromatic carbocycles. The second-order valence-electron chi connectivity index (χ2n) is 19.4. The number of carbonyl (C=O) groups excluding carboxylic acids is 3. The van der Waals surface area contributed by atoms with Gasteiger partial charge >= 0.3 is 5.97 Å². The molecule has 0 saturated heterocycles. The van der Waals surface area contributed by atoms with Crippen LogP contribution in [0, 0.1) is 76.6 Å². The highest BCUT2D eigenvalue weighted by Gasteiger charge is 2.32. The van der Waals surface area contributed by atoms with E-state index in [1.54, 1.807) is 102 Å². The number of ketones is 3. The van der Waals surface area contributed by atoms with E-state index in [4.69, 9.17) is 52.8 Å². The van der Waals surface area contributed by atoms with Gasteiger partial charge in [0.1, 0.15) is 28.9 Å². The van der Waals surface area contributed by atoms with Crippen LogP contribution in [-0.2, 0) is 45.0 Å². The summed E-state index contributed by atoms with van der Waals surface area (Å²) in [5.74, 6) is -1.98. The Morgan fingerprint density at radius 3 is 1.15 bits per heavy atom. The summed E-state index contributed by atoms with van der Waals surface area (Å²) in [4.78, 5) is 62.1. The Hall–Kier alpha value is -8.06. The summed E-state index contributed by atoms with van der Waals surface area (Å²) in [6.07, 6.45) is 7.08. The summed E-state index contributed by atoms with van der Waals surface area (Å²) < 4.78 is 1.63. The highest BCUT2D eigenvalue weighted by molar-refractivity contribution is 9.09. The number of halogens is 3. The average molecular weight is 1340 g/mol. The molecule has 0 unspecified atom stereocenters. The van der Waals surface area contributed by atoms with Crippen molar-refractivity contribution in [1.29, 1.82) is 10.5 Å². The molecule has 2 aromatic heterocycles. The van der Waals surface area contributed by atoms with E-state index in [1.165, 1.54) is 27.7 Å². The van der Waals surface area contributed by atoms with Crippen molar-refractivity contribution in [2.24, 2.45) is 0 Å². The van der Waals surface area contributed by atoms with Crippen LogP contribution in [0.5, 0.6) is 0 Å². The Morgan fingerprint density at radius 2 is 0.905 bits per heavy atom. The Bertz CT molecular complexity index is 3330. The number of aromatic amines is 1. The van der Waals surface area contributed by atoms with Crippen molar-refractivity contribution < 1.29 is 44.7 Å². The van der Waals surface area contributed by atoms with Crippen molar-refractivity contribution in [2.45, 2.75) is 118 Å². The van der Waals surface area contributed by atoms with E-state index in [2.05, 4.69) is 72.2 Å². The number of H-pyrrole nitrogens is 1. The molecule has 0 radical (unpaired) electrons. The predicted molar refractivity (Wildman–Crippen MR) is 340 cm³/mol. The van der Waals surface area contributed by atoms with Crippen LogP contribution in [0.1, 0.15) is 92.6 Å². The van der Waals surface area contributed by atoms with Crippen molar-refractivity contribution in [1.82, 2.24) is 9.55 Å². The average Bonchev–Trinajstić information content (AvgIpc) is 4.30. The number of rotatable bonds is 15. The topological polar surface area (TPSA) is 281 Å². The summed E-state index contributed by atoms with van der Waals surface area (Å²) in [5.41, 5.74) is 9.80. The van der Waals surface area contributed by atoms with Gasteiger partial charge in [-0.1, -0.05) is 123 Å². The molecule has 0 aliphatic rings. The number of aromatic nitrogens is 2. The van der Waals surface area contributed by atoms with E-state index < -0.39 is 28.4 Å². The van der Waals surface area contributed by atoms with Crippen LogP contribution in [0.15, 0.2) is 110 Å². The number of aryl methyl sites for hydroxylation is 4. The molecule has 21 heteroatoms. The summed E-state index contributed by atoms with van der Waals surface area (Å²) in [6, 6.07) is 28.4. The van der Waals surface area contributed by atoms with Gasteiger partial charge in [-0.2, -0.15) is 10.5 Å².